The van der Waals surface area contributed by atoms with Crippen LogP contribution in [0.25, 0.3) is 0 Å². The number of fused-ring (bicyclic) bond motifs is 32. The standard InChI is InChI=1S/C49H46O8P2/c1-5-6-15-55-59(51,54-4)57-49-46-42-22-40(36-18-32-28-16-30(34(32)20-38(36)42)26-13-9-7-11-24(26)28)44(46)48(56-58(50,52-2)53-3)45-41-23-43(47(45)49)39-21-35-31-17-29(33(35)19-37(39)41)25-12-8-10-14-27(25)31/h1,7,9,11-13,18-21,27-31,40-43H,6,8,10,14-17,22-23H2,2-4H3/t27?,28?,29?,30-,31?,40?,41?,42?,43?,59?/m1/s1. The van der Waals surface area contributed by atoms with Gasteiger partial charge in [-0.3, -0.25) is 18.1 Å². The highest BCUT2D eigenvalue weighted by atomic mass is 31.2. The van der Waals surface area contributed by atoms with Crippen molar-refractivity contribution in [3.63, 3.8) is 0 Å². The number of phosphoric acid groups is 2. The van der Waals surface area contributed by atoms with Crippen molar-refractivity contribution in [3.05, 3.63) is 138 Å². The van der Waals surface area contributed by atoms with Crippen LogP contribution >= 0.6 is 15.6 Å². The molecule has 0 aromatic heterocycles. The molecule has 59 heavy (non-hydrogen) atoms. The van der Waals surface area contributed by atoms with E-state index in [-0.39, 0.29) is 36.7 Å². The van der Waals surface area contributed by atoms with Crippen molar-refractivity contribution in [2.45, 2.75) is 98.7 Å². The van der Waals surface area contributed by atoms with E-state index >= 15 is 0 Å². The predicted molar refractivity (Wildman–Crippen MR) is 223 cm³/mol. The predicted octanol–water partition coefficient (Wildman–Crippen LogP) is 11.9. The Balaban J connectivity index is 1.03. The fourth-order valence-corrected chi connectivity index (χ4v) is 15.8. The van der Waals surface area contributed by atoms with Crippen LogP contribution in [0.2, 0.25) is 0 Å². The molecule has 4 aromatic rings. The molecule has 8 bridgehead atoms. The number of allylic oxidation sites excluding steroid dienone is 2. The van der Waals surface area contributed by atoms with Gasteiger partial charge in [0.05, 0.1) is 6.61 Å². The van der Waals surface area contributed by atoms with Crippen molar-refractivity contribution >= 4 is 15.6 Å². The van der Waals surface area contributed by atoms with Gasteiger partial charge in [0.15, 0.2) is 0 Å². The Hall–Kier alpha value is -3.92. The van der Waals surface area contributed by atoms with Crippen LogP contribution in [0.15, 0.2) is 60.2 Å². The number of rotatable bonds is 10. The molecule has 0 heterocycles. The van der Waals surface area contributed by atoms with E-state index in [0.717, 1.165) is 41.5 Å². The molecule has 0 amide bonds. The molecule has 1 fully saturated rings. The molecule has 0 spiro atoms. The monoisotopic (exact) mass is 824 g/mol. The van der Waals surface area contributed by atoms with Crippen LogP contribution in [-0.2, 0) is 27.2 Å². The molecule has 0 N–H and O–H groups in total. The second-order valence-corrected chi connectivity index (χ2v) is 21.7. The van der Waals surface area contributed by atoms with Gasteiger partial charge in [-0.25, -0.2) is 9.13 Å². The first-order valence-corrected chi connectivity index (χ1v) is 24.4. The zero-order chi connectivity index (χ0) is 39.7. The SMILES string of the molecule is C#CCCOP(=O)(OC)Oc1c2c(c(OP(=O)(OC)OC)c3c1C1CC3c3cc4c(cc31)[C@@H]1CC4c3ccccc31)C1CC2c2cc3c(cc21)C1CC3C2CCCC=C12. The lowest BCUT2D eigenvalue weighted by Gasteiger charge is -2.35. The van der Waals surface area contributed by atoms with Crippen molar-refractivity contribution in [1.82, 2.24) is 0 Å². The van der Waals surface area contributed by atoms with Gasteiger partial charge in [0.2, 0.25) is 0 Å². The van der Waals surface area contributed by atoms with Crippen molar-refractivity contribution in [2.75, 3.05) is 27.9 Å². The maximum absolute atomic E-state index is 14.6. The summed E-state index contributed by atoms with van der Waals surface area (Å²) in [6, 6.07) is 18.8. The van der Waals surface area contributed by atoms with Gasteiger partial charge in [-0.1, -0.05) is 60.2 Å². The van der Waals surface area contributed by atoms with E-state index < -0.39 is 15.6 Å². The summed E-state index contributed by atoms with van der Waals surface area (Å²) >= 11 is 0. The molecule has 0 aliphatic heterocycles. The maximum atomic E-state index is 14.6. The van der Waals surface area contributed by atoms with Crippen LogP contribution in [0.4, 0.5) is 0 Å². The first-order chi connectivity index (χ1) is 28.8. The highest BCUT2D eigenvalue weighted by molar-refractivity contribution is 7.49. The number of hydrogen-bond acceptors (Lipinski definition) is 8. The van der Waals surface area contributed by atoms with Crippen molar-refractivity contribution in [1.29, 1.82) is 0 Å². The molecule has 10 atom stereocenters. The molecule has 0 radical (unpaired) electrons. The van der Waals surface area contributed by atoms with E-state index in [1.54, 1.807) is 5.57 Å². The second-order valence-electron chi connectivity index (χ2n) is 18.2. The second kappa shape index (κ2) is 12.3. The molecule has 300 valence electrons. The van der Waals surface area contributed by atoms with Gasteiger partial charge in [-0.05, 0) is 112 Å². The van der Waals surface area contributed by atoms with Gasteiger partial charge >= 0.3 is 15.6 Å². The molecule has 10 heteroatoms. The Morgan fingerprint density at radius 1 is 0.593 bits per heavy atom. The van der Waals surface area contributed by atoms with Crippen LogP contribution in [0.3, 0.4) is 0 Å². The lowest BCUT2D eigenvalue weighted by atomic mass is 9.72. The van der Waals surface area contributed by atoms with Crippen LogP contribution in [0.1, 0.15) is 177 Å². The van der Waals surface area contributed by atoms with Crippen LogP contribution in [0.5, 0.6) is 11.5 Å². The Morgan fingerprint density at radius 2 is 1.07 bits per heavy atom. The molecule has 1 saturated carbocycles. The number of phosphoric ester groups is 2. The molecule has 0 saturated heterocycles. The smallest absolute Gasteiger partial charge is 0.403 e. The fraction of sp³-hybridized carbons (Fsp3) is 0.429. The van der Waals surface area contributed by atoms with Gasteiger partial charge in [0.25, 0.3) is 0 Å². The maximum Gasteiger partial charge on any atom is 0.529 e. The van der Waals surface area contributed by atoms with Crippen LogP contribution in [0, 0.1) is 18.3 Å². The Morgan fingerprint density at radius 3 is 1.59 bits per heavy atom. The summed E-state index contributed by atoms with van der Waals surface area (Å²) in [6.45, 7) is 0.0320. The van der Waals surface area contributed by atoms with E-state index in [0.29, 0.717) is 41.1 Å². The van der Waals surface area contributed by atoms with E-state index in [2.05, 4.69) is 60.5 Å². The lowest BCUT2D eigenvalue weighted by molar-refractivity contribution is 0.181. The highest BCUT2D eigenvalue weighted by Crippen LogP contribution is 2.74. The number of terminal acetylenes is 1. The largest absolute Gasteiger partial charge is 0.529 e. The molecule has 13 rings (SSSR count). The van der Waals surface area contributed by atoms with Crippen molar-refractivity contribution in [2.24, 2.45) is 5.92 Å². The first kappa shape index (κ1) is 35.8. The molecule has 9 unspecified atom stereocenters. The van der Waals surface area contributed by atoms with Gasteiger partial charge in [-0.2, -0.15) is 0 Å². The topological polar surface area (TPSA) is 89.5 Å². The Kier molecular flexibility index (Phi) is 7.49. The third-order valence-electron chi connectivity index (χ3n) is 16.2. The van der Waals surface area contributed by atoms with Gasteiger partial charge in [0.1, 0.15) is 11.5 Å². The molecular weight excluding hydrogens is 778 g/mol. The average Bonchev–Trinajstić information content (AvgIpc) is 4.15. The minimum Gasteiger partial charge on any atom is -0.403 e. The summed E-state index contributed by atoms with van der Waals surface area (Å²) < 4.78 is 65.0. The summed E-state index contributed by atoms with van der Waals surface area (Å²) in [4.78, 5) is 0. The highest BCUT2D eigenvalue weighted by Gasteiger charge is 2.57. The Labute approximate surface area is 345 Å². The van der Waals surface area contributed by atoms with Gasteiger partial charge in [0, 0.05) is 91.4 Å². The third kappa shape index (κ3) is 4.57. The number of benzene rings is 4. The van der Waals surface area contributed by atoms with Crippen molar-refractivity contribution < 1.29 is 36.3 Å². The summed E-state index contributed by atoms with van der Waals surface area (Å²) in [6.07, 6.45) is 16.0. The van der Waals surface area contributed by atoms with Gasteiger partial charge in [-0.15, -0.1) is 12.3 Å². The zero-order valence-electron chi connectivity index (χ0n) is 33.5. The van der Waals surface area contributed by atoms with Crippen LogP contribution in [-0.4, -0.2) is 27.9 Å². The summed E-state index contributed by atoms with van der Waals surface area (Å²) in [7, 11) is -4.06. The van der Waals surface area contributed by atoms with Crippen LogP contribution < -0.4 is 9.05 Å². The minimum atomic E-state index is -4.14. The molecule has 4 aromatic carbocycles. The first-order valence-electron chi connectivity index (χ1n) is 21.5. The van der Waals surface area contributed by atoms with E-state index in [9.17, 15) is 9.13 Å². The van der Waals surface area contributed by atoms with Crippen molar-refractivity contribution in [3.8, 4) is 23.8 Å². The average molecular weight is 825 g/mol. The fourth-order valence-electron chi connectivity index (χ4n) is 14.1. The van der Waals surface area contributed by atoms with E-state index in [4.69, 9.17) is 33.6 Å². The molecule has 9 aliphatic rings. The van der Waals surface area contributed by atoms with Gasteiger partial charge < -0.3 is 9.05 Å². The van der Waals surface area contributed by atoms with E-state index in [1.165, 1.54) is 103 Å². The molecular formula is C49H46O8P2. The quantitative estimate of drug-likeness (QED) is 0.0676. The number of hydrogen-bond donors (Lipinski definition) is 0. The minimum absolute atomic E-state index is 0.0320. The lowest BCUT2D eigenvalue weighted by Crippen LogP contribution is -2.19. The van der Waals surface area contributed by atoms with E-state index in [1.807, 2.05) is 0 Å². The zero-order valence-corrected chi connectivity index (χ0v) is 35.3. The summed E-state index contributed by atoms with van der Waals surface area (Å²) in [5.41, 5.74) is 19.2. The Bertz CT molecular complexity index is 2750. The molecule has 9 aliphatic carbocycles. The molecule has 8 nitrogen and oxygen atoms in total. The summed E-state index contributed by atoms with van der Waals surface area (Å²) in [5.74, 6) is 5.92. The third-order valence-corrected chi connectivity index (χ3v) is 18.8. The summed E-state index contributed by atoms with van der Waals surface area (Å²) in [5, 5.41) is 0. The normalized spacial score (nSPS) is 30.4.